The van der Waals surface area contributed by atoms with Crippen LogP contribution in [0.2, 0.25) is 0 Å². The van der Waals surface area contributed by atoms with Crippen LogP contribution in [0.4, 0.5) is 38.0 Å². The van der Waals surface area contributed by atoms with Gasteiger partial charge in [-0.1, -0.05) is 12.1 Å². The Morgan fingerprint density at radius 2 is 1.73 bits per heavy atom. The van der Waals surface area contributed by atoms with Gasteiger partial charge in [-0.25, -0.2) is 4.98 Å². The first-order valence-corrected chi connectivity index (χ1v) is 9.18. The Labute approximate surface area is 168 Å². The number of nitrogens with zero attached hydrogens (tertiary/aromatic N) is 3. The minimum atomic E-state index is -4.97. The van der Waals surface area contributed by atoms with Gasteiger partial charge in [0, 0.05) is 13.2 Å². The number of benzene rings is 1. The van der Waals surface area contributed by atoms with Crippen molar-refractivity contribution in [3.63, 3.8) is 0 Å². The molecule has 1 heterocycles. The first kappa shape index (κ1) is 22.0. The number of aromatic nitrogens is 2. The quantitative estimate of drug-likeness (QED) is 0.559. The summed E-state index contributed by atoms with van der Waals surface area (Å²) in [5.41, 5.74) is -1.02. The van der Waals surface area contributed by atoms with Crippen LogP contribution in [-0.4, -0.2) is 35.9 Å². The molecular formula is C19H19F6N3O2. The first-order valence-electron chi connectivity index (χ1n) is 9.18. The average Bonchev–Trinajstić information content (AvgIpc) is 3.18. The van der Waals surface area contributed by atoms with E-state index in [1.807, 2.05) is 0 Å². The molecule has 2 aromatic rings. The molecule has 11 heteroatoms. The highest BCUT2D eigenvalue weighted by molar-refractivity contribution is 5.65. The minimum absolute atomic E-state index is 0.0266. The van der Waals surface area contributed by atoms with E-state index in [1.165, 1.54) is 11.9 Å². The third-order valence-corrected chi connectivity index (χ3v) is 4.54. The largest absolute Gasteiger partial charge is 0.488 e. The van der Waals surface area contributed by atoms with Gasteiger partial charge in [-0.05, 0) is 37.8 Å². The van der Waals surface area contributed by atoms with E-state index in [-0.39, 0.29) is 12.1 Å². The van der Waals surface area contributed by atoms with Crippen LogP contribution in [0.3, 0.4) is 0 Å². The zero-order valence-electron chi connectivity index (χ0n) is 15.9. The molecule has 0 radical (unpaired) electrons. The molecule has 0 spiro atoms. The highest BCUT2D eigenvalue weighted by atomic mass is 19.4. The summed E-state index contributed by atoms with van der Waals surface area (Å²) in [6.07, 6.45) is -5.48. The Morgan fingerprint density at radius 1 is 1.07 bits per heavy atom. The molecule has 3 rings (SSSR count). The monoisotopic (exact) mass is 435 g/mol. The molecule has 1 aromatic heterocycles. The highest BCUT2D eigenvalue weighted by Crippen LogP contribution is 2.38. The molecule has 30 heavy (non-hydrogen) atoms. The van der Waals surface area contributed by atoms with Crippen LogP contribution in [0.1, 0.15) is 31.2 Å². The third kappa shape index (κ3) is 5.45. The number of alkyl halides is 6. The van der Waals surface area contributed by atoms with E-state index in [0.29, 0.717) is 17.6 Å². The van der Waals surface area contributed by atoms with Crippen molar-refractivity contribution in [3.05, 3.63) is 36.0 Å². The zero-order valence-corrected chi connectivity index (χ0v) is 15.9. The summed E-state index contributed by atoms with van der Waals surface area (Å²) in [5.74, 6) is -0.971. The van der Waals surface area contributed by atoms with Crippen molar-refractivity contribution in [2.24, 2.45) is 0 Å². The van der Waals surface area contributed by atoms with Gasteiger partial charge in [0.15, 0.2) is 6.61 Å². The maximum absolute atomic E-state index is 13.1. The summed E-state index contributed by atoms with van der Waals surface area (Å²) >= 11 is 0. The van der Waals surface area contributed by atoms with E-state index in [9.17, 15) is 26.3 Å². The fourth-order valence-electron chi connectivity index (χ4n) is 3.10. The number of ether oxygens (including phenoxy) is 2. The van der Waals surface area contributed by atoms with Crippen LogP contribution < -0.4 is 14.4 Å². The first-order chi connectivity index (χ1) is 14.0. The lowest BCUT2D eigenvalue weighted by atomic mass is 10.2. The second kappa shape index (κ2) is 8.57. The predicted molar refractivity (Wildman–Crippen MR) is 96.0 cm³/mol. The molecule has 0 bridgehead atoms. The van der Waals surface area contributed by atoms with Crippen molar-refractivity contribution in [1.82, 2.24) is 9.97 Å². The van der Waals surface area contributed by atoms with Crippen LogP contribution in [0.25, 0.3) is 0 Å². The van der Waals surface area contributed by atoms with Gasteiger partial charge in [-0.2, -0.15) is 31.3 Å². The van der Waals surface area contributed by atoms with Crippen LogP contribution >= 0.6 is 0 Å². The standard InChI is InChI=1S/C19H19F6N3O2/c1-28(14-8-4-5-9-15(14)30-12-6-2-3-7-12)17-26-10-13(19(23,24)25)16(27-17)29-11-18(20,21)22/h4-5,8-10,12H,2-3,6-7,11H2,1H3. The predicted octanol–water partition coefficient (Wildman–Crippen LogP) is 5.53. The topological polar surface area (TPSA) is 47.5 Å². The van der Waals surface area contributed by atoms with E-state index in [4.69, 9.17) is 4.74 Å². The molecule has 1 aromatic carbocycles. The molecular weight excluding hydrogens is 416 g/mol. The van der Waals surface area contributed by atoms with Crippen LogP contribution in [0.5, 0.6) is 11.6 Å². The Balaban J connectivity index is 1.91. The van der Waals surface area contributed by atoms with Gasteiger partial charge >= 0.3 is 12.4 Å². The fraction of sp³-hybridized carbons (Fsp3) is 0.474. The van der Waals surface area contributed by atoms with Gasteiger partial charge in [-0.15, -0.1) is 0 Å². The van der Waals surface area contributed by atoms with E-state index in [0.717, 1.165) is 25.7 Å². The van der Waals surface area contributed by atoms with Crippen LogP contribution in [-0.2, 0) is 6.18 Å². The molecule has 0 atom stereocenters. The number of hydrogen-bond donors (Lipinski definition) is 0. The van der Waals surface area contributed by atoms with Crippen molar-refractivity contribution in [2.45, 2.75) is 44.1 Å². The average molecular weight is 435 g/mol. The van der Waals surface area contributed by atoms with Gasteiger partial charge in [0.2, 0.25) is 11.8 Å². The van der Waals surface area contributed by atoms with Gasteiger partial charge < -0.3 is 14.4 Å². The number of halogens is 6. The Kier molecular flexibility index (Phi) is 6.27. The van der Waals surface area contributed by atoms with Gasteiger partial charge in [0.05, 0.1) is 11.8 Å². The summed E-state index contributed by atoms with van der Waals surface area (Å²) < 4.78 is 87.1. The fourth-order valence-corrected chi connectivity index (χ4v) is 3.10. The molecule has 1 aliphatic carbocycles. The number of anilines is 2. The van der Waals surface area contributed by atoms with Crippen molar-refractivity contribution in [1.29, 1.82) is 0 Å². The van der Waals surface area contributed by atoms with E-state index < -0.39 is 30.4 Å². The lowest BCUT2D eigenvalue weighted by Crippen LogP contribution is -2.23. The molecule has 0 amide bonds. The highest BCUT2D eigenvalue weighted by Gasteiger charge is 2.38. The SMILES string of the molecule is CN(c1ncc(C(F)(F)F)c(OCC(F)(F)F)n1)c1ccccc1OC1CCCC1. The lowest BCUT2D eigenvalue weighted by molar-refractivity contribution is -0.159. The molecule has 1 aliphatic rings. The molecule has 0 unspecified atom stereocenters. The van der Waals surface area contributed by atoms with E-state index in [2.05, 4.69) is 14.7 Å². The molecule has 164 valence electrons. The van der Waals surface area contributed by atoms with E-state index >= 15 is 0 Å². The summed E-state index contributed by atoms with van der Waals surface area (Å²) in [6, 6.07) is 6.79. The molecule has 5 nitrogen and oxygen atoms in total. The summed E-state index contributed by atoms with van der Waals surface area (Å²) in [4.78, 5) is 8.62. The molecule has 0 N–H and O–H groups in total. The maximum Gasteiger partial charge on any atom is 0.423 e. The van der Waals surface area contributed by atoms with Crippen molar-refractivity contribution >= 4 is 11.6 Å². The lowest BCUT2D eigenvalue weighted by Gasteiger charge is -2.23. The molecule has 0 saturated heterocycles. The van der Waals surface area contributed by atoms with Gasteiger partial charge in [-0.3, -0.25) is 0 Å². The Hall–Kier alpha value is -2.72. The van der Waals surface area contributed by atoms with Gasteiger partial charge in [0.1, 0.15) is 11.3 Å². The number of rotatable bonds is 6. The maximum atomic E-state index is 13.1. The smallest absolute Gasteiger partial charge is 0.423 e. The molecule has 0 aliphatic heterocycles. The summed E-state index contributed by atoms with van der Waals surface area (Å²) in [6.45, 7) is -1.91. The third-order valence-electron chi connectivity index (χ3n) is 4.54. The normalized spacial score (nSPS) is 15.3. The second-order valence-corrected chi connectivity index (χ2v) is 6.84. The second-order valence-electron chi connectivity index (χ2n) is 6.84. The molecule has 1 fully saturated rings. The van der Waals surface area contributed by atoms with Crippen LogP contribution in [0.15, 0.2) is 30.5 Å². The Morgan fingerprint density at radius 3 is 2.37 bits per heavy atom. The molecule has 1 saturated carbocycles. The number of hydrogen-bond acceptors (Lipinski definition) is 5. The van der Waals surface area contributed by atoms with E-state index in [1.54, 1.807) is 24.3 Å². The van der Waals surface area contributed by atoms with Gasteiger partial charge in [0.25, 0.3) is 0 Å². The van der Waals surface area contributed by atoms with Crippen molar-refractivity contribution in [2.75, 3.05) is 18.6 Å². The Bertz CT molecular complexity index is 866. The zero-order chi connectivity index (χ0) is 21.9. The summed E-state index contributed by atoms with van der Waals surface area (Å²) in [7, 11) is 1.48. The minimum Gasteiger partial charge on any atom is -0.488 e. The summed E-state index contributed by atoms with van der Waals surface area (Å²) in [5, 5.41) is 0. The van der Waals surface area contributed by atoms with Crippen molar-refractivity contribution < 1.29 is 35.8 Å². The van der Waals surface area contributed by atoms with Crippen molar-refractivity contribution in [3.8, 4) is 11.6 Å². The number of para-hydroxylation sites is 2. The van der Waals surface area contributed by atoms with Crippen LogP contribution in [0, 0.1) is 0 Å².